The summed E-state index contributed by atoms with van der Waals surface area (Å²) in [7, 11) is 0. The normalized spacial score (nSPS) is 11.8. The quantitative estimate of drug-likeness (QED) is 0.626. The van der Waals surface area contributed by atoms with Crippen molar-refractivity contribution in [1.29, 1.82) is 0 Å². The molecule has 0 amide bonds. The average molecular weight is 332 g/mol. The molecule has 0 heterocycles. The van der Waals surface area contributed by atoms with E-state index in [2.05, 4.69) is 0 Å². The molecular formula is C16H12O8. The number of hydrogen-bond acceptors (Lipinski definition) is 4. The zero-order chi connectivity index (χ0) is 18.0. The smallest absolute Gasteiger partial charge is 0.337 e. The molecule has 2 aromatic rings. The monoisotopic (exact) mass is 332 g/mol. The Labute approximate surface area is 134 Å². The summed E-state index contributed by atoms with van der Waals surface area (Å²) in [6.45, 7) is 0. The van der Waals surface area contributed by atoms with Gasteiger partial charge in [-0.1, -0.05) is 24.3 Å². The molecule has 24 heavy (non-hydrogen) atoms. The third-order valence-electron chi connectivity index (χ3n) is 3.57. The van der Waals surface area contributed by atoms with Gasteiger partial charge in [0.15, 0.2) is 0 Å². The minimum Gasteiger partial charge on any atom is -0.481 e. The summed E-state index contributed by atoms with van der Waals surface area (Å²) in [5.74, 6) is -7.33. The predicted molar refractivity (Wildman–Crippen MR) is 80.5 cm³/mol. The number of aliphatic carboxylic acids is 2. The molecule has 4 N–H and O–H groups in total. The second-order valence-electron chi connectivity index (χ2n) is 5.03. The van der Waals surface area contributed by atoms with Crippen LogP contribution in [0.1, 0.15) is 38.6 Å². The highest BCUT2D eigenvalue weighted by atomic mass is 16.4. The number of benzene rings is 2. The second-order valence-corrected chi connectivity index (χ2v) is 5.03. The SMILES string of the molecule is O=C(O)CC(C(=O)O)c1cc(C(=O)O)c(C(=O)O)c2ccccc12. The van der Waals surface area contributed by atoms with Crippen molar-refractivity contribution < 1.29 is 39.6 Å². The standard InChI is InChI=1S/C16H12O8/c17-12(18)6-10(14(19)20)9-5-11(15(21)22)13(16(23)24)8-4-2-1-3-7(8)9/h1-5,10H,6H2,(H,17,18)(H,19,20)(H,21,22)(H,23,24). The highest BCUT2D eigenvalue weighted by Crippen LogP contribution is 2.33. The van der Waals surface area contributed by atoms with Gasteiger partial charge in [0.1, 0.15) is 0 Å². The Balaban J connectivity index is 2.91. The maximum absolute atomic E-state index is 11.5. The molecule has 0 aromatic heterocycles. The van der Waals surface area contributed by atoms with E-state index in [4.69, 9.17) is 5.11 Å². The molecule has 1 atom stereocenters. The Bertz CT molecular complexity index is 868. The van der Waals surface area contributed by atoms with Crippen molar-refractivity contribution in [2.45, 2.75) is 12.3 Å². The van der Waals surface area contributed by atoms with Crippen LogP contribution in [0.2, 0.25) is 0 Å². The molecule has 0 radical (unpaired) electrons. The van der Waals surface area contributed by atoms with E-state index in [0.717, 1.165) is 6.07 Å². The van der Waals surface area contributed by atoms with Crippen molar-refractivity contribution in [3.05, 3.63) is 47.0 Å². The van der Waals surface area contributed by atoms with Gasteiger partial charge in [0.05, 0.1) is 23.5 Å². The number of hydrogen-bond donors (Lipinski definition) is 4. The van der Waals surface area contributed by atoms with Crippen molar-refractivity contribution in [2.24, 2.45) is 0 Å². The molecule has 2 aromatic carbocycles. The lowest BCUT2D eigenvalue weighted by atomic mass is 9.86. The van der Waals surface area contributed by atoms with Gasteiger partial charge >= 0.3 is 23.9 Å². The summed E-state index contributed by atoms with van der Waals surface area (Å²) in [4.78, 5) is 45.3. The first-order valence-electron chi connectivity index (χ1n) is 6.70. The van der Waals surface area contributed by atoms with E-state index >= 15 is 0 Å². The zero-order valence-electron chi connectivity index (χ0n) is 12.1. The number of rotatable bonds is 6. The van der Waals surface area contributed by atoms with Crippen LogP contribution in [-0.4, -0.2) is 44.3 Å². The molecule has 8 heteroatoms. The second kappa shape index (κ2) is 6.37. The van der Waals surface area contributed by atoms with Gasteiger partial charge in [0, 0.05) is 0 Å². The molecule has 0 aliphatic carbocycles. The van der Waals surface area contributed by atoms with E-state index < -0.39 is 47.3 Å². The minimum atomic E-state index is -1.54. The van der Waals surface area contributed by atoms with Crippen molar-refractivity contribution in [3.63, 3.8) is 0 Å². The average Bonchev–Trinajstić information content (AvgIpc) is 2.50. The molecular weight excluding hydrogens is 320 g/mol. The van der Waals surface area contributed by atoms with Crippen LogP contribution in [0.15, 0.2) is 30.3 Å². The number of fused-ring (bicyclic) bond motifs is 1. The molecule has 0 aliphatic rings. The molecule has 0 saturated carbocycles. The van der Waals surface area contributed by atoms with Crippen LogP contribution in [-0.2, 0) is 9.59 Å². The first kappa shape index (κ1) is 16.9. The van der Waals surface area contributed by atoms with E-state index in [-0.39, 0.29) is 16.3 Å². The number of aromatic carboxylic acids is 2. The summed E-state index contributed by atoms with van der Waals surface area (Å²) in [6, 6.07) is 6.72. The van der Waals surface area contributed by atoms with Crippen LogP contribution in [0.4, 0.5) is 0 Å². The topological polar surface area (TPSA) is 149 Å². The molecule has 0 bridgehead atoms. The summed E-state index contributed by atoms with van der Waals surface area (Å²) in [6.07, 6.45) is -0.759. The van der Waals surface area contributed by atoms with Gasteiger partial charge in [0.2, 0.25) is 0 Å². The Morgan fingerprint density at radius 3 is 1.92 bits per heavy atom. The van der Waals surface area contributed by atoms with Crippen molar-refractivity contribution >= 4 is 34.6 Å². The first-order valence-corrected chi connectivity index (χ1v) is 6.70. The summed E-state index contributed by atoms with van der Waals surface area (Å²) in [5, 5.41) is 37.1. The highest BCUT2D eigenvalue weighted by Gasteiger charge is 2.29. The lowest BCUT2D eigenvalue weighted by Crippen LogP contribution is -2.18. The molecule has 1 unspecified atom stereocenters. The van der Waals surface area contributed by atoms with Crippen molar-refractivity contribution in [3.8, 4) is 0 Å². The van der Waals surface area contributed by atoms with Gasteiger partial charge in [-0.05, 0) is 22.4 Å². The molecule has 0 aliphatic heterocycles. The molecule has 0 saturated heterocycles. The van der Waals surface area contributed by atoms with E-state index in [1.807, 2.05) is 0 Å². The van der Waals surface area contributed by atoms with Crippen LogP contribution in [0, 0.1) is 0 Å². The molecule has 8 nitrogen and oxygen atoms in total. The molecule has 2 rings (SSSR count). The minimum absolute atomic E-state index is 0.0385. The van der Waals surface area contributed by atoms with Crippen molar-refractivity contribution in [1.82, 2.24) is 0 Å². The zero-order valence-corrected chi connectivity index (χ0v) is 12.1. The molecule has 0 fully saturated rings. The van der Waals surface area contributed by atoms with Crippen LogP contribution in [0.25, 0.3) is 10.8 Å². The van der Waals surface area contributed by atoms with Gasteiger partial charge < -0.3 is 20.4 Å². The highest BCUT2D eigenvalue weighted by molar-refractivity contribution is 6.13. The Morgan fingerprint density at radius 2 is 1.46 bits per heavy atom. The van der Waals surface area contributed by atoms with E-state index in [1.165, 1.54) is 24.3 Å². The van der Waals surface area contributed by atoms with Gasteiger partial charge in [-0.15, -0.1) is 0 Å². The molecule has 124 valence electrons. The van der Waals surface area contributed by atoms with E-state index in [1.54, 1.807) is 0 Å². The van der Waals surface area contributed by atoms with Crippen molar-refractivity contribution in [2.75, 3.05) is 0 Å². The molecule has 0 spiro atoms. The van der Waals surface area contributed by atoms with Gasteiger partial charge in [-0.3, -0.25) is 9.59 Å². The maximum Gasteiger partial charge on any atom is 0.337 e. The third-order valence-corrected chi connectivity index (χ3v) is 3.57. The Hall–Kier alpha value is -3.42. The number of carboxylic acid groups (broad SMARTS) is 4. The first-order chi connectivity index (χ1) is 11.2. The Kier molecular flexibility index (Phi) is 4.50. The van der Waals surface area contributed by atoms with Crippen LogP contribution in [0.5, 0.6) is 0 Å². The van der Waals surface area contributed by atoms with Crippen LogP contribution < -0.4 is 0 Å². The number of carbonyl (C=O) groups is 4. The fourth-order valence-electron chi connectivity index (χ4n) is 2.60. The lowest BCUT2D eigenvalue weighted by Gasteiger charge is -2.16. The van der Waals surface area contributed by atoms with E-state index in [0.29, 0.717) is 0 Å². The summed E-state index contributed by atoms with van der Waals surface area (Å²) >= 11 is 0. The maximum atomic E-state index is 11.5. The van der Waals surface area contributed by atoms with Gasteiger partial charge in [-0.25, -0.2) is 9.59 Å². The summed E-state index contributed by atoms with van der Waals surface area (Å²) in [5.41, 5.74) is -1.11. The fourth-order valence-corrected chi connectivity index (χ4v) is 2.60. The van der Waals surface area contributed by atoms with E-state index in [9.17, 15) is 34.5 Å². The van der Waals surface area contributed by atoms with Gasteiger partial charge in [-0.2, -0.15) is 0 Å². The largest absolute Gasteiger partial charge is 0.481 e. The lowest BCUT2D eigenvalue weighted by molar-refractivity contribution is -0.145. The fraction of sp³-hybridized carbons (Fsp3) is 0.125. The summed E-state index contributed by atoms with van der Waals surface area (Å²) < 4.78 is 0. The number of carboxylic acids is 4. The van der Waals surface area contributed by atoms with Gasteiger partial charge in [0.25, 0.3) is 0 Å². The Morgan fingerprint density at radius 1 is 0.875 bits per heavy atom. The third kappa shape index (κ3) is 3.02. The van der Waals surface area contributed by atoms with Crippen LogP contribution in [0.3, 0.4) is 0 Å². The van der Waals surface area contributed by atoms with Crippen LogP contribution >= 0.6 is 0 Å². The predicted octanol–water partition coefficient (Wildman–Crippen LogP) is 1.88.